The van der Waals surface area contributed by atoms with Gasteiger partial charge in [-0.3, -0.25) is 14.7 Å². The van der Waals surface area contributed by atoms with E-state index in [4.69, 9.17) is 9.72 Å². The van der Waals surface area contributed by atoms with Crippen molar-refractivity contribution in [3.8, 4) is 0 Å². The third-order valence-corrected chi connectivity index (χ3v) is 6.50. The van der Waals surface area contributed by atoms with Crippen LogP contribution in [0.4, 0.5) is 13.2 Å². The molecule has 2 heterocycles. The number of pyridine rings is 1. The molecule has 0 spiro atoms. The molecule has 2 aliphatic rings. The van der Waals surface area contributed by atoms with Crippen LogP contribution in [0.1, 0.15) is 59.8 Å². The van der Waals surface area contributed by atoms with Gasteiger partial charge in [-0.25, -0.2) is 0 Å². The zero-order valence-electron chi connectivity index (χ0n) is 18.5. The molecule has 4 rings (SSSR count). The van der Waals surface area contributed by atoms with Gasteiger partial charge >= 0.3 is 12.1 Å². The van der Waals surface area contributed by atoms with Crippen LogP contribution in [-0.4, -0.2) is 46.8 Å². The highest BCUT2D eigenvalue weighted by Crippen LogP contribution is 2.32. The fourth-order valence-corrected chi connectivity index (χ4v) is 4.76. The number of aromatic nitrogens is 1. The fourth-order valence-electron chi connectivity index (χ4n) is 4.76. The smallest absolute Gasteiger partial charge is 0.416 e. The van der Waals surface area contributed by atoms with Crippen molar-refractivity contribution in [2.24, 2.45) is 0 Å². The molecule has 1 aliphatic carbocycles. The molecule has 5 nitrogen and oxygen atoms in total. The Morgan fingerprint density at radius 3 is 2.64 bits per heavy atom. The van der Waals surface area contributed by atoms with E-state index in [-0.39, 0.29) is 6.10 Å². The number of likely N-dealkylation sites (tertiary alicyclic amines) is 1. The normalized spacial score (nSPS) is 19.9. The lowest BCUT2D eigenvalue weighted by Gasteiger charge is -2.25. The zero-order valence-corrected chi connectivity index (χ0v) is 18.5. The summed E-state index contributed by atoms with van der Waals surface area (Å²) in [6.45, 7) is 1.53. The van der Waals surface area contributed by atoms with E-state index in [1.165, 1.54) is 36.2 Å². The number of hydrogen-bond donors (Lipinski definition) is 1. The standard InChI is InChI=1S/C25H29F3N2O3/c26-25(27,28)19-10-7-18(8-11-19)23(24(31)32)30-14-13-21(16-30)33-15-3-5-20-12-9-17-4-1-2-6-22(17)29-20/h7-12,21,23H,1-6,13-16H2,(H,31,32)/t21-,23+/m1/s1. The van der Waals surface area contributed by atoms with Crippen molar-refractivity contribution in [2.45, 2.75) is 63.3 Å². The van der Waals surface area contributed by atoms with Crippen molar-refractivity contribution < 1.29 is 27.8 Å². The largest absolute Gasteiger partial charge is 0.480 e. The van der Waals surface area contributed by atoms with E-state index in [1.807, 2.05) is 0 Å². The molecular formula is C25H29F3N2O3. The molecule has 2 aromatic rings. The monoisotopic (exact) mass is 462 g/mol. The molecule has 0 bridgehead atoms. The number of nitrogens with zero attached hydrogens (tertiary/aromatic N) is 2. The number of carbonyl (C=O) groups is 1. The van der Waals surface area contributed by atoms with E-state index in [0.29, 0.717) is 31.7 Å². The highest BCUT2D eigenvalue weighted by atomic mass is 19.4. The molecule has 0 radical (unpaired) electrons. The molecular weight excluding hydrogens is 433 g/mol. The summed E-state index contributed by atoms with van der Waals surface area (Å²) < 4.78 is 44.4. The predicted molar refractivity (Wildman–Crippen MR) is 117 cm³/mol. The Kier molecular flexibility index (Phi) is 7.34. The molecule has 1 aromatic heterocycles. The summed E-state index contributed by atoms with van der Waals surface area (Å²) in [5.41, 5.74) is 3.24. The van der Waals surface area contributed by atoms with Crippen LogP contribution in [0.3, 0.4) is 0 Å². The van der Waals surface area contributed by atoms with Gasteiger partial charge in [0, 0.05) is 31.1 Å². The third kappa shape index (κ3) is 5.92. The molecule has 33 heavy (non-hydrogen) atoms. The second kappa shape index (κ2) is 10.2. The summed E-state index contributed by atoms with van der Waals surface area (Å²) in [6.07, 6.45) is 2.46. The second-order valence-electron chi connectivity index (χ2n) is 8.86. The van der Waals surface area contributed by atoms with Gasteiger partial charge in [-0.1, -0.05) is 18.2 Å². The van der Waals surface area contributed by atoms with Gasteiger partial charge < -0.3 is 9.84 Å². The third-order valence-electron chi connectivity index (χ3n) is 6.50. The molecule has 8 heteroatoms. The average molecular weight is 463 g/mol. The van der Waals surface area contributed by atoms with Crippen LogP contribution in [0.25, 0.3) is 0 Å². The van der Waals surface area contributed by atoms with Crippen molar-refractivity contribution in [3.05, 3.63) is 64.5 Å². The minimum atomic E-state index is -4.45. The minimum absolute atomic E-state index is 0.0854. The highest BCUT2D eigenvalue weighted by Gasteiger charge is 2.35. The van der Waals surface area contributed by atoms with Crippen LogP contribution < -0.4 is 0 Å². The molecule has 1 aliphatic heterocycles. The minimum Gasteiger partial charge on any atom is -0.480 e. The Labute approximate surface area is 191 Å². The Balaban J connectivity index is 1.27. The van der Waals surface area contributed by atoms with Crippen LogP contribution in [0.15, 0.2) is 36.4 Å². The van der Waals surface area contributed by atoms with Crippen molar-refractivity contribution in [1.82, 2.24) is 9.88 Å². The lowest BCUT2D eigenvalue weighted by molar-refractivity contribution is -0.143. The highest BCUT2D eigenvalue weighted by molar-refractivity contribution is 5.75. The summed E-state index contributed by atoms with van der Waals surface area (Å²) in [4.78, 5) is 18.4. The maximum atomic E-state index is 12.8. The van der Waals surface area contributed by atoms with Crippen molar-refractivity contribution in [3.63, 3.8) is 0 Å². The van der Waals surface area contributed by atoms with Crippen molar-refractivity contribution >= 4 is 5.97 Å². The van der Waals surface area contributed by atoms with Gasteiger partial charge in [-0.15, -0.1) is 0 Å². The number of rotatable bonds is 8. The molecule has 1 fully saturated rings. The van der Waals surface area contributed by atoms with Gasteiger partial charge in [-0.2, -0.15) is 13.2 Å². The van der Waals surface area contributed by atoms with Crippen LogP contribution >= 0.6 is 0 Å². The first-order valence-corrected chi connectivity index (χ1v) is 11.5. The van der Waals surface area contributed by atoms with Crippen LogP contribution in [0.5, 0.6) is 0 Å². The maximum Gasteiger partial charge on any atom is 0.416 e. The molecule has 0 saturated carbocycles. The summed E-state index contributed by atoms with van der Waals surface area (Å²) >= 11 is 0. The number of halogens is 3. The average Bonchev–Trinajstić information content (AvgIpc) is 3.24. The predicted octanol–water partition coefficient (Wildman–Crippen LogP) is 4.83. The van der Waals surface area contributed by atoms with Crippen molar-refractivity contribution in [1.29, 1.82) is 0 Å². The van der Waals surface area contributed by atoms with Gasteiger partial charge in [0.1, 0.15) is 6.04 Å². The van der Waals surface area contributed by atoms with E-state index in [1.54, 1.807) is 4.90 Å². The van der Waals surface area contributed by atoms with Gasteiger partial charge in [0.15, 0.2) is 0 Å². The lowest BCUT2D eigenvalue weighted by atomic mass is 9.95. The maximum absolute atomic E-state index is 12.8. The van der Waals surface area contributed by atoms with Crippen LogP contribution in [0, 0.1) is 0 Å². The Morgan fingerprint density at radius 2 is 1.91 bits per heavy atom. The quantitative estimate of drug-likeness (QED) is 0.570. The number of carboxylic acids is 1. The molecule has 1 N–H and O–H groups in total. The first kappa shape index (κ1) is 23.7. The number of fused-ring (bicyclic) bond motifs is 1. The van der Waals surface area contributed by atoms with Gasteiger partial charge in [0.25, 0.3) is 0 Å². The first-order valence-electron chi connectivity index (χ1n) is 11.5. The molecule has 1 aromatic carbocycles. The van der Waals surface area contributed by atoms with Gasteiger partial charge in [-0.05, 0) is 74.3 Å². The second-order valence-corrected chi connectivity index (χ2v) is 8.86. The van der Waals surface area contributed by atoms with E-state index < -0.39 is 23.8 Å². The number of ether oxygens (including phenoxy) is 1. The number of carboxylic acid groups (broad SMARTS) is 1. The molecule has 1 saturated heterocycles. The number of aliphatic carboxylic acids is 1. The number of benzene rings is 1. The topological polar surface area (TPSA) is 62.7 Å². The summed E-state index contributed by atoms with van der Waals surface area (Å²) in [6, 6.07) is 7.68. The molecule has 0 unspecified atom stereocenters. The number of alkyl halides is 3. The zero-order chi connectivity index (χ0) is 23.4. The van der Waals surface area contributed by atoms with Crippen LogP contribution in [-0.2, 0) is 35.0 Å². The summed E-state index contributed by atoms with van der Waals surface area (Å²) in [7, 11) is 0. The Bertz CT molecular complexity index is 962. The van der Waals surface area contributed by atoms with Gasteiger partial charge in [0.05, 0.1) is 11.7 Å². The molecule has 0 amide bonds. The number of aryl methyl sites for hydroxylation is 3. The first-order chi connectivity index (χ1) is 15.8. The summed E-state index contributed by atoms with van der Waals surface area (Å²) in [5.74, 6) is -1.08. The van der Waals surface area contributed by atoms with E-state index in [0.717, 1.165) is 43.5 Å². The SMILES string of the molecule is O=C(O)[C@H](c1ccc(C(F)(F)F)cc1)N1CC[C@@H](OCCCc2ccc3c(n2)CCCC3)C1. The molecule has 2 atom stereocenters. The van der Waals surface area contributed by atoms with E-state index in [9.17, 15) is 23.1 Å². The fraction of sp³-hybridized carbons (Fsp3) is 0.520. The Hall–Kier alpha value is -2.45. The van der Waals surface area contributed by atoms with E-state index >= 15 is 0 Å². The van der Waals surface area contributed by atoms with Crippen LogP contribution in [0.2, 0.25) is 0 Å². The Morgan fingerprint density at radius 1 is 1.15 bits per heavy atom. The van der Waals surface area contributed by atoms with Gasteiger partial charge in [0.2, 0.25) is 0 Å². The lowest BCUT2D eigenvalue weighted by Crippen LogP contribution is -2.33. The molecule has 178 valence electrons. The summed E-state index contributed by atoms with van der Waals surface area (Å²) in [5, 5.41) is 9.72. The number of hydrogen-bond acceptors (Lipinski definition) is 4. The van der Waals surface area contributed by atoms with Crippen molar-refractivity contribution in [2.75, 3.05) is 19.7 Å². The van der Waals surface area contributed by atoms with E-state index in [2.05, 4.69) is 12.1 Å².